The number of rotatable bonds is 3. The molecule has 0 bridgehead atoms. The van der Waals surface area contributed by atoms with Crippen LogP contribution in [0.1, 0.15) is 18.0 Å². The number of hydrogen-bond acceptors (Lipinski definition) is 4. The molecule has 1 atom stereocenters. The van der Waals surface area contributed by atoms with Gasteiger partial charge < -0.3 is 10.5 Å². The molecule has 78 valence electrons. The molecule has 2 N–H and O–H groups in total. The monoisotopic (exact) mass is 216 g/mol. The molecule has 0 aromatic carbocycles. The van der Waals surface area contributed by atoms with Crippen LogP contribution in [0, 0.1) is 0 Å². The third-order valence-electron chi connectivity index (χ3n) is 1.73. The molecule has 4 nitrogen and oxygen atoms in total. The van der Waals surface area contributed by atoms with Gasteiger partial charge in [0.25, 0.3) is 0 Å². The Labute approximate surface area is 88.9 Å². The molecular formula is C9H13ClN2O2. The highest BCUT2D eigenvalue weighted by molar-refractivity contribution is 5.85. The standard InChI is InChI=1S/C9H12N2O2.ClH/c1-13-9(12)5-8(10)7-3-2-4-11-6-7;/h2-4,6,8H,5,10H2,1H3;1H. The van der Waals surface area contributed by atoms with E-state index in [2.05, 4.69) is 9.72 Å². The van der Waals surface area contributed by atoms with E-state index >= 15 is 0 Å². The van der Waals surface area contributed by atoms with Crippen LogP contribution in [0.3, 0.4) is 0 Å². The lowest BCUT2D eigenvalue weighted by atomic mass is 10.1. The van der Waals surface area contributed by atoms with Crippen LogP contribution in [0.4, 0.5) is 0 Å². The van der Waals surface area contributed by atoms with Gasteiger partial charge in [-0.05, 0) is 11.6 Å². The van der Waals surface area contributed by atoms with Crippen molar-refractivity contribution in [3.8, 4) is 0 Å². The predicted octanol–water partition coefficient (Wildman–Crippen LogP) is 1.07. The molecule has 0 aliphatic heterocycles. The minimum absolute atomic E-state index is 0. The van der Waals surface area contributed by atoms with Crippen molar-refractivity contribution >= 4 is 18.4 Å². The lowest BCUT2D eigenvalue weighted by Crippen LogP contribution is -2.16. The van der Waals surface area contributed by atoms with E-state index < -0.39 is 0 Å². The molecular weight excluding hydrogens is 204 g/mol. The summed E-state index contributed by atoms with van der Waals surface area (Å²) in [5.41, 5.74) is 6.57. The number of halogens is 1. The summed E-state index contributed by atoms with van der Waals surface area (Å²) in [4.78, 5) is 14.8. The van der Waals surface area contributed by atoms with Gasteiger partial charge in [-0.15, -0.1) is 12.4 Å². The quantitative estimate of drug-likeness (QED) is 0.768. The van der Waals surface area contributed by atoms with E-state index in [0.29, 0.717) is 0 Å². The molecule has 0 amide bonds. The van der Waals surface area contributed by atoms with E-state index in [4.69, 9.17) is 5.73 Å². The van der Waals surface area contributed by atoms with Crippen LogP contribution in [-0.4, -0.2) is 18.1 Å². The highest BCUT2D eigenvalue weighted by atomic mass is 35.5. The van der Waals surface area contributed by atoms with Crippen LogP contribution in [-0.2, 0) is 9.53 Å². The van der Waals surface area contributed by atoms with Crippen molar-refractivity contribution in [2.45, 2.75) is 12.5 Å². The Morgan fingerprint density at radius 2 is 2.43 bits per heavy atom. The minimum atomic E-state index is -0.332. The van der Waals surface area contributed by atoms with Crippen LogP contribution in [0.5, 0.6) is 0 Å². The Balaban J connectivity index is 0.00000169. The van der Waals surface area contributed by atoms with Crippen molar-refractivity contribution in [3.05, 3.63) is 30.1 Å². The van der Waals surface area contributed by atoms with E-state index in [0.717, 1.165) is 5.56 Å². The number of ether oxygens (including phenoxy) is 1. The third kappa shape index (κ3) is 3.72. The largest absolute Gasteiger partial charge is 0.469 e. The van der Waals surface area contributed by atoms with Crippen molar-refractivity contribution in [2.24, 2.45) is 5.73 Å². The summed E-state index contributed by atoms with van der Waals surface area (Å²) in [5, 5.41) is 0. The number of carbonyl (C=O) groups excluding carboxylic acids is 1. The Morgan fingerprint density at radius 3 is 2.93 bits per heavy atom. The van der Waals surface area contributed by atoms with Crippen LogP contribution in [0.2, 0.25) is 0 Å². The lowest BCUT2D eigenvalue weighted by Gasteiger charge is -2.08. The zero-order valence-corrected chi connectivity index (χ0v) is 8.66. The van der Waals surface area contributed by atoms with Gasteiger partial charge in [0.1, 0.15) is 0 Å². The minimum Gasteiger partial charge on any atom is -0.469 e. The van der Waals surface area contributed by atoms with Gasteiger partial charge in [-0.3, -0.25) is 9.78 Å². The number of pyridine rings is 1. The third-order valence-corrected chi connectivity index (χ3v) is 1.73. The lowest BCUT2D eigenvalue weighted by molar-refractivity contribution is -0.141. The first-order valence-electron chi connectivity index (χ1n) is 3.96. The number of methoxy groups -OCH3 is 1. The molecule has 14 heavy (non-hydrogen) atoms. The van der Waals surface area contributed by atoms with Crippen LogP contribution < -0.4 is 5.73 Å². The molecule has 0 saturated carbocycles. The Hall–Kier alpha value is -1.13. The molecule has 0 fully saturated rings. The van der Waals surface area contributed by atoms with Gasteiger partial charge in [-0.25, -0.2) is 0 Å². The van der Waals surface area contributed by atoms with Crippen molar-refractivity contribution < 1.29 is 9.53 Å². The molecule has 0 radical (unpaired) electrons. The van der Waals surface area contributed by atoms with Gasteiger partial charge in [0.05, 0.1) is 13.5 Å². The number of hydrogen-bond donors (Lipinski definition) is 1. The summed E-state index contributed by atoms with van der Waals surface area (Å²) in [5.74, 6) is -0.309. The number of carbonyl (C=O) groups is 1. The van der Waals surface area contributed by atoms with Gasteiger partial charge in [-0.2, -0.15) is 0 Å². The summed E-state index contributed by atoms with van der Waals surface area (Å²) >= 11 is 0. The van der Waals surface area contributed by atoms with E-state index in [1.165, 1.54) is 7.11 Å². The van der Waals surface area contributed by atoms with Crippen molar-refractivity contribution in [1.29, 1.82) is 0 Å². The molecule has 0 spiro atoms. The first-order valence-corrected chi connectivity index (χ1v) is 3.96. The molecule has 5 heteroatoms. The normalized spacial score (nSPS) is 11.3. The Morgan fingerprint density at radius 1 is 1.71 bits per heavy atom. The van der Waals surface area contributed by atoms with Crippen LogP contribution in [0.15, 0.2) is 24.5 Å². The Bertz CT molecular complexity index is 279. The van der Waals surface area contributed by atoms with Gasteiger partial charge in [-0.1, -0.05) is 6.07 Å². The number of aromatic nitrogens is 1. The first kappa shape index (κ1) is 12.9. The van der Waals surface area contributed by atoms with Crippen molar-refractivity contribution in [1.82, 2.24) is 4.98 Å². The Kier molecular flexibility index (Phi) is 5.83. The fraction of sp³-hybridized carbons (Fsp3) is 0.333. The molecule has 1 unspecified atom stereocenters. The maximum atomic E-state index is 10.9. The zero-order chi connectivity index (χ0) is 9.68. The highest BCUT2D eigenvalue weighted by Crippen LogP contribution is 2.12. The number of nitrogens with zero attached hydrogens (tertiary/aromatic N) is 1. The van der Waals surface area contributed by atoms with Crippen LogP contribution >= 0.6 is 12.4 Å². The second-order valence-corrected chi connectivity index (χ2v) is 2.67. The molecule has 1 heterocycles. The summed E-state index contributed by atoms with van der Waals surface area (Å²) in [6.07, 6.45) is 3.49. The molecule has 0 aliphatic rings. The smallest absolute Gasteiger partial charge is 0.307 e. The van der Waals surface area contributed by atoms with Gasteiger partial charge in [0.15, 0.2) is 0 Å². The first-order chi connectivity index (χ1) is 6.24. The summed E-state index contributed by atoms with van der Waals surface area (Å²) in [6.45, 7) is 0. The predicted molar refractivity (Wildman–Crippen MR) is 55.0 cm³/mol. The molecule has 0 saturated heterocycles. The average molecular weight is 217 g/mol. The van der Waals surface area contributed by atoms with E-state index in [1.807, 2.05) is 6.07 Å². The number of nitrogens with two attached hydrogens (primary N) is 1. The second kappa shape index (κ2) is 6.34. The van der Waals surface area contributed by atoms with Gasteiger partial charge in [0, 0.05) is 18.4 Å². The maximum absolute atomic E-state index is 10.9. The summed E-state index contributed by atoms with van der Waals surface area (Å²) in [6, 6.07) is 3.29. The average Bonchev–Trinajstić information content (AvgIpc) is 2.19. The number of esters is 1. The molecule has 1 aromatic rings. The van der Waals surface area contributed by atoms with Gasteiger partial charge >= 0.3 is 5.97 Å². The fourth-order valence-corrected chi connectivity index (χ4v) is 0.976. The van der Waals surface area contributed by atoms with Gasteiger partial charge in [0.2, 0.25) is 0 Å². The molecule has 1 aromatic heterocycles. The summed E-state index contributed by atoms with van der Waals surface area (Å²) in [7, 11) is 1.35. The van der Waals surface area contributed by atoms with E-state index in [1.54, 1.807) is 18.5 Å². The maximum Gasteiger partial charge on any atom is 0.307 e. The molecule has 1 rings (SSSR count). The SMILES string of the molecule is COC(=O)CC(N)c1cccnc1.Cl. The van der Waals surface area contributed by atoms with Crippen LogP contribution in [0.25, 0.3) is 0 Å². The van der Waals surface area contributed by atoms with Crippen molar-refractivity contribution in [3.63, 3.8) is 0 Å². The summed E-state index contributed by atoms with van der Waals surface area (Å²) < 4.78 is 4.50. The topological polar surface area (TPSA) is 65.2 Å². The zero-order valence-electron chi connectivity index (χ0n) is 7.84. The molecule has 0 aliphatic carbocycles. The highest BCUT2D eigenvalue weighted by Gasteiger charge is 2.11. The fourth-order valence-electron chi connectivity index (χ4n) is 0.976. The van der Waals surface area contributed by atoms with Crippen molar-refractivity contribution in [2.75, 3.05) is 7.11 Å². The second-order valence-electron chi connectivity index (χ2n) is 2.67. The van der Waals surface area contributed by atoms with E-state index in [-0.39, 0.29) is 30.8 Å². The van der Waals surface area contributed by atoms with E-state index in [9.17, 15) is 4.79 Å².